The molecule has 1 saturated heterocycles. The van der Waals surface area contributed by atoms with Gasteiger partial charge in [-0.2, -0.15) is 0 Å². The number of ether oxygens (including phenoxy) is 5. The average Bonchev–Trinajstić information content (AvgIpc) is 2.60. The third-order valence-electron chi connectivity index (χ3n) is 3.69. The summed E-state index contributed by atoms with van der Waals surface area (Å²) in [4.78, 5) is 67.5. The highest BCUT2D eigenvalue weighted by Crippen LogP contribution is 2.42. The van der Waals surface area contributed by atoms with Crippen LogP contribution in [0.1, 0.15) is 27.7 Å². The van der Waals surface area contributed by atoms with Crippen LogP contribution in [0.5, 0.6) is 0 Å². The van der Waals surface area contributed by atoms with Gasteiger partial charge >= 0.3 is 31.7 Å². The van der Waals surface area contributed by atoms with Crippen LogP contribution in [0.2, 0.25) is 0 Å². The number of phosphoric ester groups is 1. The number of carbonyl (C=O) groups is 4. The van der Waals surface area contributed by atoms with Gasteiger partial charge in [-0.25, -0.2) is 4.57 Å². The van der Waals surface area contributed by atoms with Gasteiger partial charge < -0.3 is 33.5 Å². The van der Waals surface area contributed by atoms with Gasteiger partial charge in [-0.05, 0) is 5.53 Å². The lowest BCUT2D eigenvalue weighted by Gasteiger charge is -2.45. The Morgan fingerprint density at radius 3 is 1.91 bits per heavy atom. The summed E-state index contributed by atoms with van der Waals surface area (Å²) in [5.74, 6) is -3.76. The van der Waals surface area contributed by atoms with E-state index in [0.29, 0.717) is 0 Å². The highest BCUT2D eigenvalue weighted by molar-refractivity contribution is 7.46. The lowest BCUT2D eigenvalue weighted by molar-refractivity contribution is -0.299. The predicted molar refractivity (Wildman–Crippen MR) is 98.0 cm³/mol. The van der Waals surface area contributed by atoms with Crippen LogP contribution in [-0.2, 0) is 52.0 Å². The first-order chi connectivity index (χ1) is 14.7. The lowest BCUT2D eigenvalue weighted by Crippen LogP contribution is -2.65. The molecule has 1 aliphatic heterocycles. The molecule has 0 bridgehead atoms. The van der Waals surface area contributed by atoms with Gasteiger partial charge in [0.25, 0.3) is 0 Å². The normalized spacial score (nSPS) is 26.1. The Morgan fingerprint density at radius 2 is 1.47 bits per heavy atom. The number of phosphoric acid groups is 1. The van der Waals surface area contributed by atoms with E-state index in [1.807, 2.05) is 0 Å². The minimum Gasteiger partial charge on any atom is -0.459 e. The van der Waals surface area contributed by atoms with Crippen molar-refractivity contribution < 1.29 is 61.7 Å². The molecule has 0 spiro atoms. The summed E-state index contributed by atoms with van der Waals surface area (Å²) in [7, 11) is -5.28. The molecule has 32 heavy (non-hydrogen) atoms. The fourth-order valence-electron chi connectivity index (χ4n) is 2.86. The predicted octanol–water partition coefficient (Wildman–Crippen LogP) is -0.142. The van der Waals surface area contributed by atoms with Crippen LogP contribution in [-0.4, -0.2) is 77.0 Å². The van der Waals surface area contributed by atoms with E-state index in [4.69, 9.17) is 29.2 Å². The molecule has 6 atom stereocenters. The first-order valence-electron chi connectivity index (χ1n) is 8.84. The molecule has 1 fully saturated rings. The maximum Gasteiger partial charge on any atom is 0.472 e. The number of carbonyl (C=O) groups excluding carboxylic acids is 4. The van der Waals surface area contributed by atoms with E-state index in [2.05, 4.69) is 14.5 Å². The molecule has 0 aromatic heterocycles. The van der Waals surface area contributed by atoms with Crippen LogP contribution in [0.15, 0.2) is 5.11 Å². The molecule has 16 nitrogen and oxygen atoms in total. The summed E-state index contributed by atoms with van der Waals surface area (Å²) in [5, 5.41) is 3.26. The Morgan fingerprint density at radius 1 is 0.969 bits per heavy atom. The van der Waals surface area contributed by atoms with Gasteiger partial charge in [0.15, 0.2) is 18.3 Å². The third-order valence-corrected chi connectivity index (χ3v) is 4.17. The van der Waals surface area contributed by atoms with Crippen LogP contribution in [0.3, 0.4) is 0 Å². The fourth-order valence-corrected chi connectivity index (χ4v) is 3.30. The summed E-state index contributed by atoms with van der Waals surface area (Å²) in [6, 6.07) is 0. The van der Waals surface area contributed by atoms with Crippen LogP contribution >= 0.6 is 7.82 Å². The second-order valence-electron chi connectivity index (χ2n) is 6.35. The van der Waals surface area contributed by atoms with E-state index in [1.165, 1.54) is 0 Å². The van der Waals surface area contributed by atoms with Crippen molar-refractivity contribution in [3.63, 3.8) is 0 Å². The van der Waals surface area contributed by atoms with Crippen molar-refractivity contribution in [2.45, 2.75) is 64.5 Å². The SMILES string of the molecule is CC(=O)OC1C(OC(C)=O)[C@H](OC(C)=O)C([C@H](CN=[N+]=[N-])OC(C)=O)O[C@H]1OP(=O)(O)O. The van der Waals surface area contributed by atoms with Crippen LogP contribution < -0.4 is 0 Å². The zero-order valence-corrected chi connectivity index (χ0v) is 18.2. The summed E-state index contributed by atoms with van der Waals surface area (Å²) in [6.07, 6.45) is -10.4. The maximum absolute atomic E-state index is 11.7. The Kier molecular flexibility index (Phi) is 10.0. The number of azide groups is 1. The van der Waals surface area contributed by atoms with Crippen molar-refractivity contribution in [2.75, 3.05) is 6.54 Å². The van der Waals surface area contributed by atoms with Gasteiger partial charge in [-0.1, -0.05) is 5.11 Å². The summed E-state index contributed by atoms with van der Waals surface area (Å²) in [5.41, 5.74) is 8.61. The Bertz CT molecular complexity index is 819. The van der Waals surface area contributed by atoms with E-state index >= 15 is 0 Å². The second kappa shape index (κ2) is 11.8. The standard InChI is InChI=1S/C15H22N3O13P/c1-6(19)26-10(5-17-18-16)11-12(27-7(2)20)13(28-8(3)21)14(29-9(4)22)15(30-11)31-32(23,24)25/h10-15H,5H2,1-4H3,(H2,23,24,25)/t10-,11?,12+,13?,14?,15-/m0/s1. The fraction of sp³-hybridized carbons (Fsp3) is 0.733. The van der Waals surface area contributed by atoms with Gasteiger partial charge in [0, 0.05) is 32.6 Å². The van der Waals surface area contributed by atoms with Crippen LogP contribution in [0.25, 0.3) is 10.4 Å². The summed E-state index contributed by atoms with van der Waals surface area (Å²) in [6.45, 7) is 3.31. The molecule has 0 aromatic rings. The summed E-state index contributed by atoms with van der Waals surface area (Å²) < 4.78 is 41.7. The van der Waals surface area contributed by atoms with Crippen molar-refractivity contribution in [3.8, 4) is 0 Å². The number of rotatable bonds is 9. The molecule has 0 radical (unpaired) electrons. The Hall–Kier alpha value is -2.74. The van der Waals surface area contributed by atoms with E-state index in [-0.39, 0.29) is 0 Å². The molecule has 0 aliphatic carbocycles. The molecule has 17 heteroatoms. The lowest BCUT2D eigenvalue weighted by atomic mass is 9.94. The largest absolute Gasteiger partial charge is 0.472 e. The molecule has 2 N–H and O–H groups in total. The summed E-state index contributed by atoms with van der Waals surface area (Å²) >= 11 is 0. The van der Waals surface area contributed by atoms with E-state index in [0.717, 1.165) is 27.7 Å². The third kappa shape index (κ3) is 8.78. The number of hydrogen-bond acceptors (Lipinski definition) is 12. The highest BCUT2D eigenvalue weighted by Gasteiger charge is 2.56. The molecule has 3 unspecified atom stereocenters. The quantitative estimate of drug-likeness (QED) is 0.109. The van der Waals surface area contributed by atoms with Gasteiger partial charge in [-0.15, -0.1) is 0 Å². The average molecular weight is 483 g/mol. The molecular weight excluding hydrogens is 461 g/mol. The molecule has 1 aliphatic rings. The highest BCUT2D eigenvalue weighted by atomic mass is 31.2. The smallest absolute Gasteiger partial charge is 0.459 e. The molecule has 180 valence electrons. The molecule has 1 heterocycles. The van der Waals surface area contributed by atoms with E-state index in [1.54, 1.807) is 0 Å². The first kappa shape index (κ1) is 27.3. The monoisotopic (exact) mass is 483 g/mol. The van der Waals surface area contributed by atoms with Gasteiger partial charge in [-0.3, -0.25) is 23.7 Å². The minimum atomic E-state index is -5.28. The maximum atomic E-state index is 11.7. The zero-order valence-electron chi connectivity index (χ0n) is 17.3. The zero-order chi connectivity index (χ0) is 24.6. The number of hydrogen-bond donors (Lipinski definition) is 2. The second-order valence-corrected chi connectivity index (χ2v) is 7.54. The van der Waals surface area contributed by atoms with Crippen molar-refractivity contribution in [3.05, 3.63) is 10.4 Å². The molecule has 1 rings (SSSR count). The number of esters is 4. The van der Waals surface area contributed by atoms with Crippen molar-refractivity contribution >= 4 is 31.7 Å². The van der Waals surface area contributed by atoms with Crippen molar-refractivity contribution in [1.29, 1.82) is 0 Å². The van der Waals surface area contributed by atoms with E-state index < -0.39 is 75.1 Å². The number of nitrogens with zero attached hydrogens (tertiary/aromatic N) is 3. The molecular formula is C15H22N3O13P. The molecule has 0 amide bonds. The molecule has 0 aromatic carbocycles. The Balaban J connectivity index is 3.60. The van der Waals surface area contributed by atoms with Gasteiger partial charge in [0.05, 0.1) is 6.54 Å². The van der Waals surface area contributed by atoms with Gasteiger partial charge in [0.1, 0.15) is 12.2 Å². The topological polar surface area (TPSA) is 230 Å². The minimum absolute atomic E-state index is 0.577. The van der Waals surface area contributed by atoms with Crippen molar-refractivity contribution in [1.82, 2.24) is 0 Å². The van der Waals surface area contributed by atoms with E-state index in [9.17, 15) is 33.5 Å². The first-order valence-corrected chi connectivity index (χ1v) is 10.4. The van der Waals surface area contributed by atoms with Crippen LogP contribution in [0, 0.1) is 0 Å². The Labute approximate surface area is 180 Å². The van der Waals surface area contributed by atoms with Crippen molar-refractivity contribution in [2.24, 2.45) is 5.11 Å². The molecule has 0 saturated carbocycles. The van der Waals surface area contributed by atoms with Crippen LogP contribution in [0.4, 0.5) is 0 Å². The van der Waals surface area contributed by atoms with Gasteiger partial charge in [0.2, 0.25) is 6.29 Å².